The molecule has 4 rings (SSSR count). The number of piperazine rings is 1. The number of aromatic nitrogens is 4. The monoisotopic (exact) mass is 389 g/mol. The molecule has 1 saturated heterocycles. The number of amides is 1. The Labute approximate surface area is 169 Å². The molecule has 3 heterocycles. The molecule has 0 spiro atoms. The Kier molecular flexibility index (Phi) is 5.71. The molecule has 0 radical (unpaired) electrons. The molecule has 1 aliphatic rings. The zero-order chi connectivity index (χ0) is 20.1. The maximum Gasteiger partial charge on any atom is 0.243 e. The standard InChI is InChI=1S/C21H23N7O/c1-16(20(29)26-21-23-9-5-10-24-21)27-12-14-28(15-13-27)18-8-11-22-19(25-18)17-6-3-2-4-7-17/h2-11,16H,12-15H2,1H3,(H,23,24,26,29). The average Bonchev–Trinajstić information content (AvgIpc) is 2.80. The van der Waals surface area contributed by atoms with Crippen LogP contribution in [0.5, 0.6) is 0 Å². The number of benzene rings is 1. The summed E-state index contributed by atoms with van der Waals surface area (Å²) in [5.74, 6) is 1.87. The number of hydrogen-bond acceptors (Lipinski definition) is 7. The van der Waals surface area contributed by atoms with Crippen LogP contribution in [0.1, 0.15) is 6.92 Å². The summed E-state index contributed by atoms with van der Waals surface area (Å²) in [4.78, 5) is 34.1. The third-order valence-corrected chi connectivity index (χ3v) is 5.04. The first-order valence-corrected chi connectivity index (χ1v) is 9.66. The number of nitrogens with one attached hydrogen (secondary N) is 1. The van der Waals surface area contributed by atoms with Crippen molar-refractivity contribution in [2.45, 2.75) is 13.0 Å². The van der Waals surface area contributed by atoms with Crippen molar-refractivity contribution in [3.8, 4) is 11.4 Å². The van der Waals surface area contributed by atoms with Gasteiger partial charge < -0.3 is 4.90 Å². The van der Waals surface area contributed by atoms with Crippen molar-refractivity contribution in [1.82, 2.24) is 24.8 Å². The second-order valence-electron chi connectivity index (χ2n) is 6.87. The lowest BCUT2D eigenvalue weighted by Gasteiger charge is -2.37. The van der Waals surface area contributed by atoms with Crippen molar-refractivity contribution in [3.05, 3.63) is 61.1 Å². The number of carbonyl (C=O) groups is 1. The van der Waals surface area contributed by atoms with Crippen LogP contribution in [-0.4, -0.2) is 63.0 Å². The molecule has 1 aromatic carbocycles. The van der Waals surface area contributed by atoms with E-state index < -0.39 is 0 Å². The minimum atomic E-state index is -0.258. The van der Waals surface area contributed by atoms with E-state index in [0.29, 0.717) is 5.95 Å². The highest BCUT2D eigenvalue weighted by Crippen LogP contribution is 2.19. The summed E-state index contributed by atoms with van der Waals surface area (Å²) in [6.45, 7) is 5.05. The first-order valence-electron chi connectivity index (χ1n) is 9.66. The maximum absolute atomic E-state index is 12.5. The second kappa shape index (κ2) is 8.74. The number of rotatable bonds is 5. The van der Waals surface area contributed by atoms with Crippen molar-refractivity contribution in [2.24, 2.45) is 0 Å². The first kappa shape index (κ1) is 18.9. The fourth-order valence-corrected chi connectivity index (χ4v) is 3.33. The minimum Gasteiger partial charge on any atom is -0.354 e. The quantitative estimate of drug-likeness (QED) is 0.715. The topological polar surface area (TPSA) is 87.1 Å². The van der Waals surface area contributed by atoms with Gasteiger partial charge in [0.05, 0.1) is 6.04 Å². The zero-order valence-electron chi connectivity index (χ0n) is 16.3. The SMILES string of the molecule is CC(C(=O)Nc1ncccn1)N1CCN(c2ccnc(-c3ccccc3)n2)CC1. The highest BCUT2D eigenvalue weighted by molar-refractivity contribution is 5.93. The van der Waals surface area contributed by atoms with Gasteiger partial charge in [0.2, 0.25) is 11.9 Å². The van der Waals surface area contributed by atoms with Gasteiger partial charge in [-0.1, -0.05) is 30.3 Å². The molecule has 0 bridgehead atoms. The lowest BCUT2D eigenvalue weighted by Crippen LogP contribution is -2.53. The van der Waals surface area contributed by atoms with Gasteiger partial charge in [-0.2, -0.15) is 0 Å². The smallest absolute Gasteiger partial charge is 0.243 e. The van der Waals surface area contributed by atoms with Crippen LogP contribution in [-0.2, 0) is 4.79 Å². The maximum atomic E-state index is 12.5. The second-order valence-corrected chi connectivity index (χ2v) is 6.87. The van der Waals surface area contributed by atoms with E-state index in [-0.39, 0.29) is 11.9 Å². The van der Waals surface area contributed by atoms with Crippen LogP contribution in [0.15, 0.2) is 61.1 Å². The fraction of sp³-hybridized carbons (Fsp3) is 0.286. The van der Waals surface area contributed by atoms with Gasteiger partial charge in [0, 0.05) is 50.3 Å². The Morgan fingerprint density at radius 3 is 2.38 bits per heavy atom. The summed E-state index contributed by atoms with van der Waals surface area (Å²) in [7, 11) is 0. The summed E-state index contributed by atoms with van der Waals surface area (Å²) >= 11 is 0. The van der Waals surface area contributed by atoms with Crippen LogP contribution in [0.25, 0.3) is 11.4 Å². The van der Waals surface area contributed by atoms with Gasteiger partial charge in [-0.3, -0.25) is 15.0 Å². The summed E-state index contributed by atoms with van der Waals surface area (Å²) in [5.41, 5.74) is 1.00. The van der Waals surface area contributed by atoms with E-state index in [9.17, 15) is 4.79 Å². The molecule has 1 aliphatic heterocycles. The van der Waals surface area contributed by atoms with Crippen molar-refractivity contribution < 1.29 is 4.79 Å². The molecule has 1 atom stereocenters. The van der Waals surface area contributed by atoms with Gasteiger partial charge in [-0.05, 0) is 19.1 Å². The molecule has 0 saturated carbocycles. The first-order chi connectivity index (χ1) is 14.2. The van der Waals surface area contributed by atoms with Gasteiger partial charge >= 0.3 is 0 Å². The molecule has 1 N–H and O–H groups in total. The molecule has 3 aromatic rings. The number of hydrogen-bond donors (Lipinski definition) is 1. The predicted molar refractivity (Wildman–Crippen MR) is 111 cm³/mol. The van der Waals surface area contributed by atoms with Crippen molar-refractivity contribution >= 4 is 17.7 Å². The third kappa shape index (κ3) is 4.55. The Hall–Kier alpha value is -3.39. The zero-order valence-corrected chi connectivity index (χ0v) is 16.3. The minimum absolute atomic E-state index is 0.0990. The van der Waals surface area contributed by atoms with Crippen molar-refractivity contribution in [2.75, 3.05) is 36.4 Å². The summed E-state index contributed by atoms with van der Waals surface area (Å²) in [6.07, 6.45) is 5.02. The average molecular weight is 389 g/mol. The largest absolute Gasteiger partial charge is 0.354 e. The molecule has 2 aromatic heterocycles. The van der Waals surface area contributed by atoms with Crippen LogP contribution in [0.2, 0.25) is 0 Å². The third-order valence-electron chi connectivity index (χ3n) is 5.04. The lowest BCUT2D eigenvalue weighted by atomic mass is 10.2. The van der Waals surface area contributed by atoms with Crippen LogP contribution in [0.4, 0.5) is 11.8 Å². The van der Waals surface area contributed by atoms with E-state index in [1.54, 1.807) is 24.7 Å². The molecule has 8 heteroatoms. The van der Waals surface area contributed by atoms with Crippen LogP contribution >= 0.6 is 0 Å². The van der Waals surface area contributed by atoms with E-state index in [4.69, 9.17) is 4.98 Å². The van der Waals surface area contributed by atoms with E-state index in [2.05, 4.69) is 30.1 Å². The molecular weight excluding hydrogens is 366 g/mol. The van der Waals surface area contributed by atoms with Crippen molar-refractivity contribution in [3.63, 3.8) is 0 Å². The molecule has 1 fully saturated rings. The Morgan fingerprint density at radius 2 is 1.66 bits per heavy atom. The molecule has 0 aliphatic carbocycles. The van der Waals surface area contributed by atoms with Crippen LogP contribution in [0.3, 0.4) is 0 Å². The summed E-state index contributed by atoms with van der Waals surface area (Å²) in [6, 6.07) is 13.4. The lowest BCUT2D eigenvalue weighted by molar-refractivity contribution is -0.120. The number of anilines is 2. The molecule has 1 unspecified atom stereocenters. The Bertz CT molecular complexity index is 944. The Morgan fingerprint density at radius 1 is 0.931 bits per heavy atom. The van der Waals surface area contributed by atoms with Gasteiger partial charge in [-0.25, -0.2) is 19.9 Å². The molecule has 8 nitrogen and oxygen atoms in total. The van der Waals surface area contributed by atoms with Gasteiger partial charge in [-0.15, -0.1) is 0 Å². The normalized spacial score (nSPS) is 15.7. The molecule has 148 valence electrons. The van der Waals surface area contributed by atoms with E-state index in [0.717, 1.165) is 43.4 Å². The molecule has 1 amide bonds. The van der Waals surface area contributed by atoms with Gasteiger partial charge in [0.25, 0.3) is 0 Å². The highest BCUT2D eigenvalue weighted by atomic mass is 16.2. The van der Waals surface area contributed by atoms with E-state index >= 15 is 0 Å². The number of carbonyl (C=O) groups excluding carboxylic acids is 1. The summed E-state index contributed by atoms with van der Waals surface area (Å²) in [5, 5.41) is 2.77. The predicted octanol–water partition coefficient (Wildman–Crippen LogP) is 2.08. The van der Waals surface area contributed by atoms with Crippen molar-refractivity contribution in [1.29, 1.82) is 0 Å². The Balaban J connectivity index is 1.36. The summed E-state index contributed by atoms with van der Waals surface area (Å²) < 4.78 is 0. The van der Waals surface area contributed by atoms with Crippen LogP contribution < -0.4 is 10.2 Å². The fourth-order valence-electron chi connectivity index (χ4n) is 3.33. The molecular formula is C21H23N7O. The van der Waals surface area contributed by atoms with E-state index in [1.807, 2.05) is 43.3 Å². The van der Waals surface area contributed by atoms with E-state index in [1.165, 1.54) is 0 Å². The number of nitrogens with zero attached hydrogens (tertiary/aromatic N) is 6. The van der Waals surface area contributed by atoms with Gasteiger partial charge in [0.1, 0.15) is 5.82 Å². The van der Waals surface area contributed by atoms with Gasteiger partial charge in [0.15, 0.2) is 5.82 Å². The van der Waals surface area contributed by atoms with Crippen LogP contribution in [0, 0.1) is 0 Å². The molecule has 29 heavy (non-hydrogen) atoms. The highest BCUT2D eigenvalue weighted by Gasteiger charge is 2.26.